The first-order chi connectivity index (χ1) is 8.99. The van der Waals surface area contributed by atoms with Crippen LogP contribution in [0, 0.1) is 0 Å². The molecule has 1 aromatic rings. The molecule has 0 fully saturated rings. The zero-order valence-electron chi connectivity index (χ0n) is 10.4. The fourth-order valence-corrected chi connectivity index (χ4v) is 1.23. The molecule has 0 atom stereocenters. The van der Waals surface area contributed by atoms with Gasteiger partial charge < -0.3 is 11.1 Å². The monoisotopic (exact) mass is 265 g/mol. The number of hydroxylamine groups is 1. The lowest BCUT2D eigenvalue weighted by molar-refractivity contribution is -0.124. The van der Waals surface area contributed by atoms with Gasteiger partial charge in [0.2, 0.25) is 11.8 Å². The van der Waals surface area contributed by atoms with E-state index in [-0.39, 0.29) is 12.5 Å². The van der Waals surface area contributed by atoms with E-state index in [9.17, 15) is 14.4 Å². The van der Waals surface area contributed by atoms with Crippen LogP contribution in [-0.2, 0) is 21.0 Å². The van der Waals surface area contributed by atoms with Crippen LogP contribution in [0.25, 0.3) is 0 Å². The quantitative estimate of drug-likeness (QED) is 0.600. The van der Waals surface area contributed by atoms with E-state index < -0.39 is 11.8 Å². The van der Waals surface area contributed by atoms with Gasteiger partial charge in [0, 0.05) is 19.0 Å². The van der Waals surface area contributed by atoms with Gasteiger partial charge in [-0.1, -0.05) is 12.1 Å². The summed E-state index contributed by atoms with van der Waals surface area (Å²) in [5.74, 6) is -1.28. The van der Waals surface area contributed by atoms with Crippen LogP contribution in [0.1, 0.15) is 22.8 Å². The summed E-state index contributed by atoms with van der Waals surface area (Å²) in [6.07, 6.45) is 0. The molecule has 1 rings (SSSR count). The molecule has 1 aromatic carbocycles. The van der Waals surface area contributed by atoms with Crippen LogP contribution in [0.15, 0.2) is 24.3 Å². The third-order valence-electron chi connectivity index (χ3n) is 2.14. The molecule has 0 aliphatic heterocycles. The van der Waals surface area contributed by atoms with E-state index in [1.54, 1.807) is 24.3 Å². The third kappa shape index (κ3) is 5.64. The smallest absolute Gasteiger partial charge is 0.274 e. The van der Waals surface area contributed by atoms with Gasteiger partial charge in [-0.25, -0.2) is 5.48 Å². The molecule has 0 radical (unpaired) electrons. The molecule has 19 heavy (non-hydrogen) atoms. The lowest BCUT2D eigenvalue weighted by Gasteiger charge is -2.06. The highest BCUT2D eigenvalue weighted by atomic mass is 16.7. The van der Waals surface area contributed by atoms with Crippen LogP contribution >= 0.6 is 0 Å². The highest BCUT2D eigenvalue weighted by molar-refractivity contribution is 5.93. The van der Waals surface area contributed by atoms with E-state index in [1.807, 2.05) is 0 Å². The summed E-state index contributed by atoms with van der Waals surface area (Å²) >= 11 is 0. The molecule has 4 N–H and O–H groups in total. The van der Waals surface area contributed by atoms with Crippen molar-refractivity contribution in [2.24, 2.45) is 5.73 Å². The molecular weight excluding hydrogens is 250 g/mol. The fourth-order valence-electron chi connectivity index (χ4n) is 1.23. The van der Waals surface area contributed by atoms with Crippen molar-refractivity contribution in [1.29, 1.82) is 0 Å². The summed E-state index contributed by atoms with van der Waals surface area (Å²) in [4.78, 5) is 37.3. The first-order valence-electron chi connectivity index (χ1n) is 5.53. The minimum absolute atomic E-state index is 0.123. The number of nitrogens with two attached hydrogens (primary N) is 1. The van der Waals surface area contributed by atoms with Crippen molar-refractivity contribution in [1.82, 2.24) is 10.8 Å². The Hall–Kier alpha value is -2.41. The average molecular weight is 265 g/mol. The highest BCUT2D eigenvalue weighted by Gasteiger charge is 2.06. The Kier molecular flexibility index (Phi) is 5.49. The number of carbonyl (C=O) groups is 3. The second-order valence-electron chi connectivity index (χ2n) is 3.79. The molecule has 0 saturated heterocycles. The molecule has 0 unspecified atom stereocenters. The normalized spacial score (nSPS) is 9.74. The number of benzene rings is 1. The van der Waals surface area contributed by atoms with Crippen LogP contribution < -0.4 is 16.5 Å². The van der Waals surface area contributed by atoms with Gasteiger partial charge in [0.1, 0.15) is 0 Å². The van der Waals surface area contributed by atoms with Crippen LogP contribution in [0.2, 0.25) is 0 Å². The van der Waals surface area contributed by atoms with Crippen molar-refractivity contribution in [3.63, 3.8) is 0 Å². The Morgan fingerprint density at radius 1 is 1.21 bits per heavy atom. The Morgan fingerprint density at radius 3 is 2.37 bits per heavy atom. The van der Waals surface area contributed by atoms with Gasteiger partial charge in [-0.3, -0.25) is 19.2 Å². The van der Waals surface area contributed by atoms with E-state index >= 15 is 0 Å². The van der Waals surface area contributed by atoms with Gasteiger partial charge >= 0.3 is 0 Å². The molecule has 0 spiro atoms. The first kappa shape index (κ1) is 14.7. The van der Waals surface area contributed by atoms with Crippen molar-refractivity contribution in [2.45, 2.75) is 13.5 Å². The fraction of sp³-hybridized carbons (Fsp3) is 0.250. The summed E-state index contributed by atoms with van der Waals surface area (Å²) < 4.78 is 0. The maximum absolute atomic E-state index is 11.5. The Bertz CT molecular complexity index is 470. The second-order valence-corrected chi connectivity index (χ2v) is 3.79. The average Bonchev–Trinajstić information content (AvgIpc) is 2.36. The molecule has 0 aromatic heterocycles. The zero-order valence-corrected chi connectivity index (χ0v) is 10.4. The predicted molar refractivity (Wildman–Crippen MR) is 66.6 cm³/mol. The largest absolute Gasteiger partial charge is 0.368 e. The Balaban J connectivity index is 2.48. The zero-order chi connectivity index (χ0) is 14.3. The molecule has 0 saturated carbocycles. The van der Waals surface area contributed by atoms with Crippen LogP contribution in [0.3, 0.4) is 0 Å². The van der Waals surface area contributed by atoms with Crippen molar-refractivity contribution >= 4 is 17.7 Å². The van der Waals surface area contributed by atoms with Crippen LogP contribution in [0.5, 0.6) is 0 Å². The molecular formula is C12H15N3O4. The summed E-state index contributed by atoms with van der Waals surface area (Å²) in [7, 11) is 0. The summed E-state index contributed by atoms with van der Waals surface area (Å²) in [6.45, 7) is 1.44. The lowest BCUT2D eigenvalue weighted by Crippen LogP contribution is -2.29. The standard InChI is InChI=1S/C12H15N3O4/c1-8(16)14-6-9-2-4-10(5-3-9)12(18)15-19-7-11(13)17/h2-5H,6-7H2,1H3,(H2,13,17)(H,14,16)(H,15,18). The van der Waals surface area contributed by atoms with Gasteiger partial charge in [-0.15, -0.1) is 0 Å². The summed E-state index contributed by atoms with van der Waals surface area (Å²) in [5.41, 5.74) is 8.17. The van der Waals surface area contributed by atoms with Gasteiger partial charge in [0.15, 0.2) is 6.61 Å². The number of hydrogen-bond acceptors (Lipinski definition) is 4. The molecule has 3 amide bonds. The molecule has 0 bridgehead atoms. The molecule has 7 heteroatoms. The minimum atomic E-state index is -0.675. The summed E-state index contributed by atoms with van der Waals surface area (Å²) in [5, 5.41) is 2.64. The molecule has 0 aliphatic rings. The number of carbonyl (C=O) groups excluding carboxylic acids is 3. The van der Waals surface area contributed by atoms with Crippen molar-refractivity contribution < 1.29 is 19.2 Å². The first-order valence-corrected chi connectivity index (χ1v) is 5.53. The van der Waals surface area contributed by atoms with Gasteiger partial charge in [0.25, 0.3) is 5.91 Å². The van der Waals surface area contributed by atoms with Gasteiger partial charge in [-0.2, -0.15) is 0 Å². The Labute approximate surface area is 110 Å². The molecule has 0 aliphatic carbocycles. The van der Waals surface area contributed by atoms with Gasteiger partial charge in [-0.05, 0) is 17.7 Å². The molecule has 7 nitrogen and oxygen atoms in total. The maximum atomic E-state index is 11.5. The molecule has 0 heterocycles. The van der Waals surface area contributed by atoms with Gasteiger partial charge in [0.05, 0.1) is 0 Å². The summed E-state index contributed by atoms with van der Waals surface area (Å²) in [6, 6.07) is 6.58. The minimum Gasteiger partial charge on any atom is -0.368 e. The van der Waals surface area contributed by atoms with E-state index in [0.717, 1.165) is 5.56 Å². The van der Waals surface area contributed by atoms with E-state index in [2.05, 4.69) is 15.6 Å². The maximum Gasteiger partial charge on any atom is 0.274 e. The second kappa shape index (κ2) is 7.12. The molecule has 102 valence electrons. The van der Waals surface area contributed by atoms with Crippen LogP contribution in [-0.4, -0.2) is 24.3 Å². The third-order valence-corrected chi connectivity index (χ3v) is 2.14. The van der Waals surface area contributed by atoms with Crippen molar-refractivity contribution in [2.75, 3.05) is 6.61 Å². The highest BCUT2D eigenvalue weighted by Crippen LogP contribution is 2.04. The predicted octanol–water partition coefficient (Wildman–Crippen LogP) is -0.531. The van der Waals surface area contributed by atoms with Crippen molar-refractivity contribution in [3.8, 4) is 0 Å². The number of hydrogen-bond donors (Lipinski definition) is 3. The van der Waals surface area contributed by atoms with E-state index in [4.69, 9.17) is 5.73 Å². The number of rotatable bonds is 6. The number of nitrogens with one attached hydrogen (secondary N) is 2. The van der Waals surface area contributed by atoms with Crippen LogP contribution in [0.4, 0.5) is 0 Å². The SMILES string of the molecule is CC(=O)NCc1ccc(C(=O)NOCC(N)=O)cc1. The van der Waals surface area contributed by atoms with E-state index in [0.29, 0.717) is 12.1 Å². The topological polar surface area (TPSA) is 111 Å². The Morgan fingerprint density at radius 2 is 1.84 bits per heavy atom. The lowest BCUT2D eigenvalue weighted by atomic mass is 10.1. The van der Waals surface area contributed by atoms with Crippen molar-refractivity contribution in [3.05, 3.63) is 35.4 Å². The number of amides is 3. The number of primary amides is 1. The van der Waals surface area contributed by atoms with E-state index in [1.165, 1.54) is 6.92 Å².